The first-order valence-electron chi connectivity index (χ1n) is 9.82. The Balaban J connectivity index is 2.09. The number of hydrogen-bond acceptors (Lipinski definition) is 3. The number of benzene rings is 2. The highest BCUT2D eigenvalue weighted by Gasteiger charge is 2.28. The lowest BCUT2D eigenvalue weighted by atomic mass is 9.89. The van der Waals surface area contributed by atoms with Crippen molar-refractivity contribution >= 4 is 23.5 Å². The summed E-state index contributed by atoms with van der Waals surface area (Å²) in [5.41, 5.74) is 6.99. The van der Waals surface area contributed by atoms with E-state index in [0.717, 1.165) is 65.9 Å². The van der Waals surface area contributed by atoms with Crippen molar-refractivity contribution in [1.82, 2.24) is 0 Å². The molecule has 1 aliphatic carbocycles. The molecule has 0 spiro atoms. The normalized spacial score (nSPS) is 14.5. The molecule has 0 saturated heterocycles. The number of carbonyl (C=O) groups excluding carboxylic acids is 1. The van der Waals surface area contributed by atoms with Gasteiger partial charge in [-0.1, -0.05) is 38.5 Å². The summed E-state index contributed by atoms with van der Waals surface area (Å²) in [6.45, 7) is 4.43. The summed E-state index contributed by atoms with van der Waals surface area (Å²) in [4.78, 5) is 11.1. The van der Waals surface area contributed by atoms with Crippen LogP contribution in [0.2, 0.25) is 0 Å². The third kappa shape index (κ3) is 4.21. The molecule has 2 aromatic rings. The summed E-state index contributed by atoms with van der Waals surface area (Å²) in [7, 11) is 1.90. The van der Waals surface area contributed by atoms with E-state index in [2.05, 4.69) is 48.7 Å². The maximum absolute atomic E-state index is 11.1. The number of carbonyl (C=O) groups is 1. The zero-order valence-corrected chi connectivity index (χ0v) is 16.4. The summed E-state index contributed by atoms with van der Waals surface area (Å²) >= 11 is 0. The monoisotopic (exact) mass is 363 g/mol. The molecule has 0 radical (unpaired) electrons. The van der Waals surface area contributed by atoms with Gasteiger partial charge in [0.25, 0.3) is 0 Å². The van der Waals surface area contributed by atoms with Gasteiger partial charge in [0.1, 0.15) is 0 Å². The predicted molar refractivity (Wildman–Crippen MR) is 114 cm³/mol. The molecule has 2 aromatic carbocycles. The van der Waals surface area contributed by atoms with Gasteiger partial charge in [-0.25, -0.2) is 0 Å². The zero-order chi connectivity index (χ0) is 19.4. The van der Waals surface area contributed by atoms with Crippen LogP contribution >= 0.6 is 0 Å². The van der Waals surface area contributed by atoms with Crippen LogP contribution in [0.5, 0.6) is 0 Å². The van der Waals surface area contributed by atoms with Gasteiger partial charge >= 0.3 is 0 Å². The minimum atomic E-state index is 0.398. The molecule has 27 heavy (non-hydrogen) atoms. The molecule has 0 aliphatic heterocycles. The molecule has 1 aliphatic rings. The van der Waals surface area contributed by atoms with E-state index < -0.39 is 0 Å². The molecule has 1 fully saturated rings. The van der Waals surface area contributed by atoms with E-state index >= 15 is 0 Å². The molecule has 0 heterocycles. The summed E-state index contributed by atoms with van der Waals surface area (Å²) < 4.78 is 0. The van der Waals surface area contributed by atoms with Crippen LogP contribution in [0.15, 0.2) is 36.4 Å². The van der Waals surface area contributed by atoms with Crippen molar-refractivity contribution in [2.24, 2.45) is 11.8 Å². The first-order chi connectivity index (χ1) is 13.1. The Kier molecular flexibility index (Phi) is 5.94. The molecule has 142 valence electrons. The van der Waals surface area contributed by atoms with Crippen LogP contribution in [0.4, 0.5) is 11.4 Å². The van der Waals surface area contributed by atoms with Crippen molar-refractivity contribution in [1.29, 1.82) is 5.41 Å². The van der Waals surface area contributed by atoms with Crippen molar-refractivity contribution in [3.63, 3.8) is 0 Å². The molecule has 0 bridgehead atoms. The van der Waals surface area contributed by atoms with Crippen LogP contribution in [0.1, 0.15) is 44.2 Å². The van der Waals surface area contributed by atoms with E-state index in [-0.39, 0.29) is 0 Å². The van der Waals surface area contributed by atoms with Gasteiger partial charge in [0, 0.05) is 35.6 Å². The van der Waals surface area contributed by atoms with Gasteiger partial charge in [-0.05, 0) is 60.1 Å². The molecule has 4 nitrogen and oxygen atoms in total. The van der Waals surface area contributed by atoms with E-state index in [0.29, 0.717) is 11.8 Å². The second-order valence-corrected chi connectivity index (χ2v) is 7.51. The lowest BCUT2D eigenvalue weighted by Gasteiger charge is -2.19. The molecular formula is C23H29N3O. The van der Waals surface area contributed by atoms with Crippen LogP contribution in [-0.2, 0) is 11.2 Å². The second kappa shape index (κ2) is 8.38. The highest BCUT2D eigenvalue weighted by atomic mass is 16.1. The fourth-order valence-electron chi connectivity index (χ4n) is 3.51. The summed E-state index contributed by atoms with van der Waals surface area (Å²) in [5, 5.41) is 14.7. The first kappa shape index (κ1) is 19.2. The smallest absolute Gasteiger partial charge is 0.211 e. The maximum Gasteiger partial charge on any atom is 0.211 e. The number of rotatable bonds is 9. The lowest BCUT2D eigenvalue weighted by molar-refractivity contribution is -0.105. The predicted octanol–water partition coefficient (Wildman–Crippen LogP) is 5.33. The Morgan fingerprint density at radius 2 is 2.04 bits per heavy atom. The zero-order valence-electron chi connectivity index (χ0n) is 16.4. The second-order valence-electron chi connectivity index (χ2n) is 7.51. The van der Waals surface area contributed by atoms with Gasteiger partial charge < -0.3 is 16.0 Å². The third-order valence-electron chi connectivity index (χ3n) is 5.52. The standard InChI is InChI=1S/C23H29N3O/c1-4-15(2)12-19-18(6-5-7-22(19)26-14-27)17-10-11-21(25-3)20(13-17)23(24)16-8-9-16/h5-7,10-11,13-16,24-25H,4,8-9,12H2,1-3H3,(H,26,27)/t15-/m0/s1. The Hall–Kier alpha value is -2.62. The summed E-state index contributed by atoms with van der Waals surface area (Å²) in [6, 6.07) is 12.4. The van der Waals surface area contributed by atoms with Crippen LogP contribution in [0.3, 0.4) is 0 Å². The van der Waals surface area contributed by atoms with E-state index in [1.807, 2.05) is 19.2 Å². The largest absolute Gasteiger partial charge is 0.388 e. The Bertz CT molecular complexity index is 840. The van der Waals surface area contributed by atoms with Gasteiger partial charge in [-0.15, -0.1) is 0 Å². The fraction of sp³-hybridized carbons (Fsp3) is 0.391. The first-order valence-corrected chi connectivity index (χ1v) is 9.82. The molecule has 1 amide bonds. The van der Waals surface area contributed by atoms with Crippen LogP contribution in [-0.4, -0.2) is 19.2 Å². The van der Waals surface area contributed by atoms with E-state index in [1.54, 1.807) is 0 Å². The number of hydrogen-bond donors (Lipinski definition) is 3. The highest BCUT2D eigenvalue weighted by molar-refractivity contribution is 6.06. The van der Waals surface area contributed by atoms with Crippen LogP contribution in [0, 0.1) is 17.2 Å². The minimum absolute atomic E-state index is 0.398. The molecular weight excluding hydrogens is 334 g/mol. The van der Waals surface area contributed by atoms with Crippen LogP contribution in [0.25, 0.3) is 11.1 Å². The Morgan fingerprint density at radius 1 is 1.26 bits per heavy atom. The van der Waals surface area contributed by atoms with Gasteiger partial charge in [0.15, 0.2) is 0 Å². The van der Waals surface area contributed by atoms with E-state index in [1.165, 1.54) is 5.56 Å². The van der Waals surface area contributed by atoms with Crippen molar-refractivity contribution in [3.05, 3.63) is 47.5 Å². The average molecular weight is 364 g/mol. The van der Waals surface area contributed by atoms with Crippen molar-refractivity contribution < 1.29 is 4.79 Å². The maximum atomic E-state index is 11.1. The lowest BCUT2D eigenvalue weighted by Crippen LogP contribution is -2.08. The Morgan fingerprint density at radius 3 is 2.67 bits per heavy atom. The van der Waals surface area contributed by atoms with Crippen molar-refractivity contribution in [2.75, 3.05) is 17.7 Å². The number of anilines is 2. The molecule has 0 aromatic heterocycles. The minimum Gasteiger partial charge on any atom is -0.388 e. The molecule has 3 rings (SSSR count). The molecule has 0 unspecified atom stereocenters. The van der Waals surface area contributed by atoms with Gasteiger partial charge in [0.05, 0.1) is 0 Å². The molecule has 1 saturated carbocycles. The van der Waals surface area contributed by atoms with Crippen molar-refractivity contribution in [2.45, 2.75) is 39.5 Å². The average Bonchev–Trinajstić information content (AvgIpc) is 3.53. The highest BCUT2D eigenvalue weighted by Crippen LogP contribution is 2.38. The van der Waals surface area contributed by atoms with E-state index in [4.69, 9.17) is 5.41 Å². The summed E-state index contributed by atoms with van der Waals surface area (Å²) in [6.07, 6.45) is 4.98. The van der Waals surface area contributed by atoms with Crippen LogP contribution < -0.4 is 10.6 Å². The molecule has 4 heteroatoms. The van der Waals surface area contributed by atoms with Crippen molar-refractivity contribution in [3.8, 4) is 11.1 Å². The Labute approximate surface area is 161 Å². The SMILES string of the molecule is CC[C@H](C)Cc1c(NC=O)cccc1-c1ccc(NC)c(C(=N)C2CC2)c1. The molecule has 1 atom stereocenters. The van der Waals surface area contributed by atoms with Gasteiger partial charge in [0.2, 0.25) is 6.41 Å². The number of nitrogens with one attached hydrogen (secondary N) is 3. The van der Waals surface area contributed by atoms with Gasteiger partial charge in [-0.3, -0.25) is 4.79 Å². The fourth-order valence-corrected chi connectivity index (χ4v) is 3.51. The topological polar surface area (TPSA) is 65.0 Å². The quantitative estimate of drug-likeness (QED) is 0.416. The number of amides is 1. The van der Waals surface area contributed by atoms with Gasteiger partial charge in [-0.2, -0.15) is 0 Å². The third-order valence-corrected chi connectivity index (χ3v) is 5.52. The molecule has 3 N–H and O–H groups in total. The summed E-state index contributed by atoms with van der Waals surface area (Å²) in [5.74, 6) is 0.925. The van der Waals surface area contributed by atoms with E-state index in [9.17, 15) is 4.79 Å².